The van der Waals surface area contributed by atoms with Gasteiger partial charge in [0.1, 0.15) is 11.5 Å². The van der Waals surface area contributed by atoms with Gasteiger partial charge in [0.15, 0.2) is 5.78 Å². The van der Waals surface area contributed by atoms with Crippen LogP contribution >= 0.6 is 0 Å². The number of ketones is 1. The average molecular weight is 363 g/mol. The molecule has 1 aromatic carbocycles. The predicted molar refractivity (Wildman–Crippen MR) is 92.3 cm³/mol. The second-order valence-electron chi connectivity index (χ2n) is 5.10. The van der Waals surface area contributed by atoms with Crippen LogP contribution in [-0.2, 0) is 0 Å². The Balaban J connectivity index is 1.91. The van der Waals surface area contributed by atoms with Crippen LogP contribution < -0.4 is 4.74 Å². The van der Waals surface area contributed by atoms with Crippen molar-refractivity contribution < 1.29 is 27.1 Å². The molecule has 0 saturated carbocycles. The number of Topliss-reactive ketones (excluding diaryl/α,β-unsaturated/α-hetero) is 1. The van der Waals surface area contributed by atoms with E-state index >= 15 is 0 Å². The maximum atomic E-state index is 12.1. The standard InChI is InChI=1S/C19H16F3NO3/c1-23-15(9-12-16-5-3-13-25-16)4-2-6-18(24)14-7-10-17(11-8-14)26-19(20,21)22/h2-5,7-13H,6H2,1H3/b4-2-,12-9+,23-15?. The van der Waals surface area contributed by atoms with Gasteiger partial charge in [-0.3, -0.25) is 9.79 Å². The number of hydrogen-bond donors (Lipinski definition) is 0. The van der Waals surface area contributed by atoms with E-state index in [2.05, 4.69) is 9.73 Å². The quantitative estimate of drug-likeness (QED) is 0.508. The van der Waals surface area contributed by atoms with Crippen molar-refractivity contribution in [3.8, 4) is 5.75 Å². The summed E-state index contributed by atoms with van der Waals surface area (Å²) in [6.45, 7) is 0. The molecule has 0 fully saturated rings. The van der Waals surface area contributed by atoms with Crippen LogP contribution in [0, 0.1) is 0 Å². The molecule has 0 aliphatic carbocycles. The number of allylic oxidation sites excluding steroid dienone is 3. The fraction of sp³-hybridized carbons (Fsp3) is 0.158. The molecule has 2 rings (SSSR count). The summed E-state index contributed by atoms with van der Waals surface area (Å²) in [5.41, 5.74) is 0.938. The summed E-state index contributed by atoms with van der Waals surface area (Å²) >= 11 is 0. The highest BCUT2D eigenvalue weighted by Crippen LogP contribution is 2.23. The topological polar surface area (TPSA) is 51.8 Å². The highest BCUT2D eigenvalue weighted by molar-refractivity contribution is 6.06. The maximum Gasteiger partial charge on any atom is 0.573 e. The molecule has 1 aromatic heterocycles. The van der Waals surface area contributed by atoms with Gasteiger partial charge in [-0.1, -0.05) is 6.08 Å². The van der Waals surface area contributed by atoms with Crippen molar-refractivity contribution in [1.29, 1.82) is 0 Å². The van der Waals surface area contributed by atoms with Gasteiger partial charge in [-0.2, -0.15) is 0 Å². The Bertz CT molecular complexity index is 802. The third kappa shape index (κ3) is 6.43. The smallest absolute Gasteiger partial charge is 0.465 e. The van der Waals surface area contributed by atoms with E-state index in [1.807, 2.05) is 0 Å². The molecule has 136 valence electrons. The second kappa shape index (κ2) is 8.84. The summed E-state index contributed by atoms with van der Waals surface area (Å²) in [5.74, 6) is 0.0788. The molecule has 0 atom stereocenters. The normalized spacial score (nSPS) is 12.8. The van der Waals surface area contributed by atoms with E-state index < -0.39 is 6.36 Å². The van der Waals surface area contributed by atoms with Gasteiger partial charge in [0.25, 0.3) is 0 Å². The first-order chi connectivity index (χ1) is 12.4. The second-order valence-corrected chi connectivity index (χ2v) is 5.10. The molecule has 0 N–H and O–H groups in total. The average Bonchev–Trinajstić information content (AvgIpc) is 3.10. The number of carbonyl (C=O) groups excluding carboxylic acids is 1. The van der Waals surface area contributed by atoms with Crippen LogP contribution in [-0.4, -0.2) is 24.9 Å². The number of halogens is 3. The molecule has 0 aliphatic rings. The molecular weight excluding hydrogens is 347 g/mol. The Morgan fingerprint density at radius 1 is 1.19 bits per heavy atom. The minimum Gasteiger partial charge on any atom is -0.465 e. The summed E-state index contributed by atoms with van der Waals surface area (Å²) in [6, 6.07) is 8.36. The van der Waals surface area contributed by atoms with E-state index in [4.69, 9.17) is 4.42 Å². The zero-order chi connectivity index (χ0) is 19.0. The van der Waals surface area contributed by atoms with Crippen LogP contribution in [0.2, 0.25) is 0 Å². The van der Waals surface area contributed by atoms with Gasteiger partial charge in [-0.25, -0.2) is 0 Å². The lowest BCUT2D eigenvalue weighted by Crippen LogP contribution is -2.17. The molecule has 26 heavy (non-hydrogen) atoms. The van der Waals surface area contributed by atoms with E-state index in [1.54, 1.807) is 49.7 Å². The van der Waals surface area contributed by atoms with Crippen LogP contribution in [0.15, 0.2) is 70.3 Å². The summed E-state index contributed by atoms with van der Waals surface area (Å²) < 4.78 is 45.3. The molecule has 0 radical (unpaired) electrons. The Hall–Kier alpha value is -3.09. The van der Waals surface area contributed by atoms with Gasteiger partial charge in [0.2, 0.25) is 0 Å². The summed E-state index contributed by atoms with van der Waals surface area (Å²) in [5, 5.41) is 0. The van der Waals surface area contributed by atoms with E-state index in [0.717, 1.165) is 12.1 Å². The van der Waals surface area contributed by atoms with Crippen molar-refractivity contribution in [2.45, 2.75) is 12.8 Å². The SMILES string of the molecule is CN=C(/C=C\CC(=O)c1ccc(OC(F)(F)F)cc1)/C=C/c1ccco1. The van der Waals surface area contributed by atoms with Gasteiger partial charge in [0.05, 0.1) is 12.0 Å². The monoisotopic (exact) mass is 363 g/mol. The molecular formula is C19H16F3NO3. The van der Waals surface area contributed by atoms with Gasteiger partial charge in [0, 0.05) is 19.0 Å². The third-order valence-electron chi connectivity index (χ3n) is 3.22. The molecule has 0 bridgehead atoms. The highest BCUT2D eigenvalue weighted by Gasteiger charge is 2.31. The molecule has 7 heteroatoms. The Morgan fingerprint density at radius 3 is 2.50 bits per heavy atom. The molecule has 0 aliphatic heterocycles. The van der Waals surface area contributed by atoms with Crippen LogP contribution in [0.25, 0.3) is 6.08 Å². The molecule has 0 spiro atoms. The number of furan rings is 1. The highest BCUT2D eigenvalue weighted by atomic mass is 19.4. The van der Waals surface area contributed by atoms with Crippen LogP contribution in [0.5, 0.6) is 5.75 Å². The number of carbonyl (C=O) groups is 1. The van der Waals surface area contributed by atoms with Crippen molar-refractivity contribution in [3.63, 3.8) is 0 Å². The number of ether oxygens (including phenoxy) is 1. The number of alkyl halides is 3. The van der Waals surface area contributed by atoms with Crippen molar-refractivity contribution >= 4 is 17.6 Å². The fourth-order valence-corrected chi connectivity index (χ4v) is 2.01. The van der Waals surface area contributed by atoms with E-state index in [9.17, 15) is 18.0 Å². The van der Waals surface area contributed by atoms with Crippen molar-refractivity contribution in [2.75, 3.05) is 7.05 Å². The lowest BCUT2D eigenvalue weighted by atomic mass is 10.1. The van der Waals surface area contributed by atoms with E-state index in [0.29, 0.717) is 17.0 Å². The van der Waals surface area contributed by atoms with Crippen molar-refractivity contribution in [3.05, 3.63) is 72.2 Å². The first-order valence-corrected chi connectivity index (χ1v) is 7.61. The number of benzene rings is 1. The summed E-state index contributed by atoms with van der Waals surface area (Å²) in [4.78, 5) is 16.1. The first kappa shape index (κ1) is 19.2. The van der Waals surface area contributed by atoms with Gasteiger partial charge >= 0.3 is 6.36 Å². The summed E-state index contributed by atoms with van der Waals surface area (Å²) in [7, 11) is 1.62. The summed E-state index contributed by atoms with van der Waals surface area (Å²) in [6.07, 6.45) is 3.69. The Labute approximate surface area is 148 Å². The zero-order valence-electron chi connectivity index (χ0n) is 13.9. The van der Waals surface area contributed by atoms with Crippen LogP contribution in [0.3, 0.4) is 0 Å². The molecule has 0 unspecified atom stereocenters. The fourth-order valence-electron chi connectivity index (χ4n) is 2.01. The Morgan fingerprint density at radius 2 is 1.92 bits per heavy atom. The molecule has 4 nitrogen and oxygen atoms in total. The van der Waals surface area contributed by atoms with E-state index in [-0.39, 0.29) is 18.0 Å². The van der Waals surface area contributed by atoms with Crippen LogP contribution in [0.1, 0.15) is 22.5 Å². The predicted octanol–water partition coefficient (Wildman–Crippen LogP) is 5.09. The molecule has 1 heterocycles. The van der Waals surface area contributed by atoms with Crippen molar-refractivity contribution in [2.24, 2.45) is 4.99 Å². The number of hydrogen-bond acceptors (Lipinski definition) is 4. The zero-order valence-corrected chi connectivity index (χ0v) is 13.9. The van der Waals surface area contributed by atoms with Gasteiger partial charge in [-0.05, 0) is 54.6 Å². The number of rotatable bonds is 7. The van der Waals surface area contributed by atoms with Gasteiger partial charge in [-0.15, -0.1) is 13.2 Å². The van der Waals surface area contributed by atoms with Gasteiger partial charge < -0.3 is 9.15 Å². The molecule has 0 saturated heterocycles. The third-order valence-corrected chi connectivity index (χ3v) is 3.22. The van der Waals surface area contributed by atoms with Crippen molar-refractivity contribution in [1.82, 2.24) is 0 Å². The largest absolute Gasteiger partial charge is 0.573 e. The Kier molecular flexibility index (Phi) is 6.54. The first-order valence-electron chi connectivity index (χ1n) is 7.61. The van der Waals surface area contributed by atoms with Crippen LogP contribution in [0.4, 0.5) is 13.2 Å². The molecule has 0 amide bonds. The lowest BCUT2D eigenvalue weighted by Gasteiger charge is -2.08. The minimum atomic E-state index is -4.76. The van der Waals surface area contributed by atoms with E-state index in [1.165, 1.54) is 12.1 Å². The molecule has 2 aromatic rings. The lowest BCUT2D eigenvalue weighted by molar-refractivity contribution is -0.274. The maximum absolute atomic E-state index is 12.1. The number of nitrogens with zero attached hydrogens (tertiary/aromatic N) is 1. The number of aliphatic imine (C=N–C) groups is 1. The minimum absolute atomic E-state index is 0.0904.